The molecule has 2 unspecified atom stereocenters. The summed E-state index contributed by atoms with van der Waals surface area (Å²) in [6, 6.07) is 10.4. The van der Waals surface area contributed by atoms with E-state index in [1.165, 1.54) is 42.4 Å². The number of benzene rings is 1. The first-order valence-corrected chi connectivity index (χ1v) is 7.70. The van der Waals surface area contributed by atoms with E-state index in [9.17, 15) is 0 Å². The summed E-state index contributed by atoms with van der Waals surface area (Å²) in [5, 5.41) is 0. The van der Waals surface area contributed by atoms with Crippen molar-refractivity contribution in [2.75, 3.05) is 20.1 Å². The minimum Gasteiger partial charge on any atom is -0.299 e. The fourth-order valence-electron chi connectivity index (χ4n) is 3.37. The third kappa shape index (κ3) is 2.63. The SMILES string of the molecule is CN1C2CCC1CN(Cc1ccc(Br)cc1)CC2. The molecule has 2 aliphatic rings. The zero-order valence-corrected chi connectivity index (χ0v) is 12.6. The highest BCUT2D eigenvalue weighted by Crippen LogP contribution is 2.29. The summed E-state index contributed by atoms with van der Waals surface area (Å²) in [4.78, 5) is 5.24. The first-order valence-electron chi connectivity index (χ1n) is 6.91. The van der Waals surface area contributed by atoms with Gasteiger partial charge in [0.2, 0.25) is 0 Å². The number of likely N-dealkylation sites (tertiary alicyclic amines) is 1. The molecule has 0 spiro atoms. The van der Waals surface area contributed by atoms with Gasteiger partial charge in [0.05, 0.1) is 0 Å². The minimum absolute atomic E-state index is 0.785. The number of rotatable bonds is 2. The van der Waals surface area contributed by atoms with Crippen LogP contribution < -0.4 is 0 Å². The Morgan fingerprint density at radius 1 is 1.11 bits per heavy atom. The van der Waals surface area contributed by atoms with E-state index >= 15 is 0 Å². The summed E-state index contributed by atoms with van der Waals surface area (Å²) in [5.41, 5.74) is 1.43. The van der Waals surface area contributed by atoms with Crippen molar-refractivity contribution >= 4 is 15.9 Å². The maximum Gasteiger partial charge on any atom is 0.0234 e. The molecule has 1 aromatic rings. The number of likely N-dealkylation sites (N-methyl/N-ethyl adjacent to an activating group) is 1. The smallest absolute Gasteiger partial charge is 0.0234 e. The molecule has 0 aliphatic carbocycles. The van der Waals surface area contributed by atoms with E-state index < -0.39 is 0 Å². The van der Waals surface area contributed by atoms with Gasteiger partial charge in [0, 0.05) is 36.2 Å². The second-order valence-electron chi connectivity index (χ2n) is 5.70. The lowest BCUT2D eigenvalue weighted by molar-refractivity contribution is 0.214. The van der Waals surface area contributed by atoms with Gasteiger partial charge >= 0.3 is 0 Å². The van der Waals surface area contributed by atoms with Crippen LogP contribution in [0, 0.1) is 0 Å². The van der Waals surface area contributed by atoms with E-state index in [1.807, 2.05) is 0 Å². The molecule has 18 heavy (non-hydrogen) atoms. The summed E-state index contributed by atoms with van der Waals surface area (Å²) >= 11 is 3.50. The van der Waals surface area contributed by atoms with Crippen molar-refractivity contribution in [2.45, 2.75) is 37.9 Å². The van der Waals surface area contributed by atoms with Gasteiger partial charge in [0.15, 0.2) is 0 Å². The average molecular weight is 309 g/mol. The molecule has 0 radical (unpaired) electrons. The molecule has 2 bridgehead atoms. The van der Waals surface area contributed by atoms with Crippen molar-refractivity contribution in [3.05, 3.63) is 34.3 Å². The maximum absolute atomic E-state index is 3.50. The third-order valence-corrected chi connectivity index (χ3v) is 5.08. The molecule has 98 valence electrons. The summed E-state index contributed by atoms with van der Waals surface area (Å²) in [6.07, 6.45) is 4.13. The van der Waals surface area contributed by atoms with Gasteiger partial charge in [-0.1, -0.05) is 28.1 Å². The van der Waals surface area contributed by atoms with E-state index in [1.54, 1.807) is 0 Å². The Morgan fingerprint density at radius 3 is 2.61 bits per heavy atom. The number of fused-ring (bicyclic) bond motifs is 2. The van der Waals surface area contributed by atoms with Crippen molar-refractivity contribution in [3.63, 3.8) is 0 Å². The molecule has 2 nitrogen and oxygen atoms in total. The second kappa shape index (κ2) is 5.32. The van der Waals surface area contributed by atoms with Gasteiger partial charge in [-0.3, -0.25) is 9.80 Å². The van der Waals surface area contributed by atoms with Crippen LogP contribution in [0.25, 0.3) is 0 Å². The van der Waals surface area contributed by atoms with Crippen molar-refractivity contribution in [3.8, 4) is 0 Å². The van der Waals surface area contributed by atoms with Crippen LogP contribution in [0.4, 0.5) is 0 Å². The van der Waals surface area contributed by atoms with Crippen LogP contribution in [0.15, 0.2) is 28.7 Å². The van der Waals surface area contributed by atoms with Crippen LogP contribution in [-0.2, 0) is 6.54 Å². The Bertz CT molecular complexity index is 403. The molecule has 0 saturated carbocycles. The van der Waals surface area contributed by atoms with Crippen LogP contribution in [0.2, 0.25) is 0 Å². The van der Waals surface area contributed by atoms with Crippen LogP contribution in [0.1, 0.15) is 24.8 Å². The second-order valence-corrected chi connectivity index (χ2v) is 6.62. The van der Waals surface area contributed by atoms with E-state index in [4.69, 9.17) is 0 Å². The third-order valence-electron chi connectivity index (χ3n) is 4.55. The fraction of sp³-hybridized carbons (Fsp3) is 0.600. The highest BCUT2D eigenvalue weighted by molar-refractivity contribution is 9.10. The minimum atomic E-state index is 0.785. The summed E-state index contributed by atoms with van der Waals surface area (Å²) in [5.74, 6) is 0. The molecular weight excluding hydrogens is 288 g/mol. The molecule has 3 rings (SSSR count). The predicted octanol–water partition coefficient (Wildman–Crippen LogP) is 3.12. The van der Waals surface area contributed by atoms with E-state index in [2.05, 4.69) is 57.0 Å². The standard InChI is InChI=1S/C15H21BrN2/c1-17-14-6-7-15(17)11-18(9-8-14)10-12-2-4-13(16)5-3-12/h2-5,14-15H,6-11H2,1H3. The van der Waals surface area contributed by atoms with Crippen LogP contribution in [-0.4, -0.2) is 42.0 Å². The lowest BCUT2D eigenvalue weighted by Crippen LogP contribution is -2.36. The highest BCUT2D eigenvalue weighted by Gasteiger charge is 2.34. The molecular formula is C15H21BrN2. The lowest BCUT2D eigenvalue weighted by atomic mass is 10.1. The van der Waals surface area contributed by atoms with E-state index in [0.29, 0.717) is 0 Å². The summed E-state index contributed by atoms with van der Waals surface area (Å²) < 4.78 is 1.17. The zero-order valence-electron chi connectivity index (χ0n) is 11.0. The number of hydrogen-bond acceptors (Lipinski definition) is 2. The van der Waals surface area contributed by atoms with Crippen molar-refractivity contribution < 1.29 is 0 Å². The first kappa shape index (κ1) is 12.6. The normalized spacial score (nSPS) is 29.4. The van der Waals surface area contributed by atoms with Gasteiger partial charge in [-0.15, -0.1) is 0 Å². The largest absolute Gasteiger partial charge is 0.299 e. The molecule has 2 atom stereocenters. The van der Waals surface area contributed by atoms with Crippen LogP contribution in [0.3, 0.4) is 0 Å². The van der Waals surface area contributed by atoms with Crippen molar-refractivity contribution in [2.24, 2.45) is 0 Å². The summed E-state index contributed by atoms with van der Waals surface area (Å²) in [7, 11) is 2.31. The fourth-order valence-corrected chi connectivity index (χ4v) is 3.64. The highest BCUT2D eigenvalue weighted by atomic mass is 79.9. The van der Waals surface area contributed by atoms with Gasteiger partial charge < -0.3 is 0 Å². The van der Waals surface area contributed by atoms with Crippen molar-refractivity contribution in [1.82, 2.24) is 9.80 Å². The molecule has 3 heteroatoms. The zero-order chi connectivity index (χ0) is 12.5. The van der Waals surface area contributed by atoms with Gasteiger partial charge in [-0.25, -0.2) is 0 Å². The quantitative estimate of drug-likeness (QED) is 0.828. The monoisotopic (exact) mass is 308 g/mol. The van der Waals surface area contributed by atoms with E-state index in [0.717, 1.165) is 18.6 Å². The Kier molecular flexibility index (Phi) is 3.73. The molecule has 2 aliphatic heterocycles. The van der Waals surface area contributed by atoms with Crippen molar-refractivity contribution in [1.29, 1.82) is 0 Å². The molecule has 0 N–H and O–H groups in total. The number of hydrogen-bond donors (Lipinski definition) is 0. The van der Waals surface area contributed by atoms with E-state index in [-0.39, 0.29) is 0 Å². The number of nitrogens with zero attached hydrogens (tertiary/aromatic N) is 2. The average Bonchev–Trinajstić information content (AvgIpc) is 2.60. The van der Waals surface area contributed by atoms with Gasteiger partial charge in [0.1, 0.15) is 0 Å². The Morgan fingerprint density at radius 2 is 1.83 bits per heavy atom. The van der Waals surface area contributed by atoms with Crippen LogP contribution >= 0.6 is 15.9 Å². The topological polar surface area (TPSA) is 6.48 Å². The first-order chi connectivity index (χ1) is 8.72. The molecule has 2 heterocycles. The lowest BCUT2D eigenvalue weighted by Gasteiger charge is -2.25. The Labute approximate surface area is 118 Å². The number of halogens is 1. The molecule has 2 saturated heterocycles. The summed E-state index contributed by atoms with van der Waals surface area (Å²) in [6.45, 7) is 3.59. The van der Waals surface area contributed by atoms with Gasteiger partial charge in [0.25, 0.3) is 0 Å². The molecule has 0 amide bonds. The molecule has 0 aromatic heterocycles. The predicted molar refractivity (Wildman–Crippen MR) is 78.6 cm³/mol. The Balaban J connectivity index is 1.65. The maximum atomic E-state index is 3.50. The van der Waals surface area contributed by atoms with Gasteiger partial charge in [-0.05, 0) is 44.0 Å². The molecule has 1 aromatic carbocycles. The molecule has 2 fully saturated rings. The van der Waals surface area contributed by atoms with Gasteiger partial charge in [-0.2, -0.15) is 0 Å². The van der Waals surface area contributed by atoms with Crippen LogP contribution in [0.5, 0.6) is 0 Å². The Hall–Kier alpha value is -0.380.